The van der Waals surface area contributed by atoms with Crippen LogP contribution in [-0.2, 0) is 16.6 Å². The predicted molar refractivity (Wildman–Crippen MR) is 137 cm³/mol. The van der Waals surface area contributed by atoms with Crippen molar-refractivity contribution in [3.05, 3.63) is 72.3 Å². The first kappa shape index (κ1) is 24.5. The molecule has 11 heteroatoms. The number of benzene rings is 2. The molecular weight excluding hydrogens is 501 g/mol. The molecule has 0 N–H and O–H groups in total. The standard InChI is InChI=1S/C25H26FN5O3S2/c1-18-9-13-30(14-10-18)36(33,34)21-6-3-19(4-7-21)24(32)31(16-15-29-12-2-11-27-29)25-28-22-8-5-20(26)17-23(22)35-25/h2-8,11-12,17-18H,9-10,13-16H2,1H3. The number of amides is 1. The summed E-state index contributed by atoms with van der Waals surface area (Å²) in [6.07, 6.45) is 5.15. The average Bonchev–Trinajstić information content (AvgIpc) is 3.54. The molecule has 1 aliphatic rings. The van der Waals surface area contributed by atoms with Crippen molar-refractivity contribution in [1.82, 2.24) is 19.1 Å². The molecule has 188 valence electrons. The van der Waals surface area contributed by atoms with Crippen LogP contribution in [0.15, 0.2) is 65.8 Å². The molecule has 0 aliphatic carbocycles. The van der Waals surface area contributed by atoms with E-state index in [1.54, 1.807) is 29.2 Å². The van der Waals surface area contributed by atoms with Crippen LogP contribution in [-0.4, -0.2) is 53.0 Å². The summed E-state index contributed by atoms with van der Waals surface area (Å²) in [7, 11) is -3.61. The van der Waals surface area contributed by atoms with Crippen molar-refractivity contribution < 1.29 is 17.6 Å². The van der Waals surface area contributed by atoms with Gasteiger partial charge in [0.25, 0.3) is 5.91 Å². The molecule has 3 heterocycles. The number of hydrogen-bond acceptors (Lipinski definition) is 6. The van der Waals surface area contributed by atoms with Crippen molar-refractivity contribution in [2.45, 2.75) is 31.2 Å². The normalized spacial score (nSPS) is 15.4. The Kier molecular flexibility index (Phi) is 6.87. The van der Waals surface area contributed by atoms with Crippen LogP contribution in [0.2, 0.25) is 0 Å². The SMILES string of the molecule is CC1CCN(S(=O)(=O)c2ccc(C(=O)N(CCn3cccn3)c3nc4ccc(F)cc4s3)cc2)CC1. The lowest BCUT2D eigenvalue weighted by molar-refractivity contribution is 0.0985. The number of anilines is 1. The quantitative estimate of drug-likeness (QED) is 0.356. The van der Waals surface area contributed by atoms with Gasteiger partial charge < -0.3 is 0 Å². The molecule has 1 fully saturated rings. The van der Waals surface area contributed by atoms with Crippen LogP contribution in [0.5, 0.6) is 0 Å². The van der Waals surface area contributed by atoms with Gasteiger partial charge in [0.1, 0.15) is 5.82 Å². The monoisotopic (exact) mass is 527 g/mol. The summed E-state index contributed by atoms with van der Waals surface area (Å²) in [5, 5.41) is 4.63. The lowest BCUT2D eigenvalue weighted by atomic mass is 10.0. The van der Waals surface area contributed by atoms with E-state index in [-0.39, 0.29) is 23.2 Å². The highest BCUT2D eigenvalue weighted by Gasteiger charge is 2.29. The maximum Gasteiger partial charge on any atom is 0.260 e. The van der Waals surface area contributed by atoms with Gasteiger partial charge in [0.05, 0.1) is 21.7 Å². The molecular formula is C25H26FN5O3S2. The Morgan fingerprint density at radius 1 is 1.17 bits per heavy atom. The highest BCUT2D eigenvalue weighted by atomic mass is 32.2. The number of carbonyl (C=O) groups is 1. The number of rotatable bonds is 7. The molecule has 2 aromatic heterocycles. The van der Waals surface area contributed by atoms with E-state index in [1.807, 2.05) is 0 Å². The van der Waals surface area contributed by atoms with Crippen LogP contribution >= 0.6 is 11.3 Å². The third-order valence-corrected chi connectivity index (χ3v) is 9.36. The van der Waals surface area contributed by atoms with E-state index in [2.05, 4.69) is 17.0 Å². The van der Waals surface area contributed by atoms with Crippen molar-refractivity contribution in [3.8, 4) is 0 Å². The van der Waals surface area contributed by atoms with Gasteiger partial charge in [0, 0.05) is 37.6 Å². The van der Waals surface area contributed by atoms with E-state index in [4.69, 9.17) is 0 Å². The van der Waals surface area contributed by atoms with Crippen molar-refractivity contribution in [3.63, 3.8) is 0 Å². The molecule has 0 spiro atoms. The van der Waals surface area contributed by atoms with Crippen LogP contribution in [0.25, 0.3) is 10.2 Å². The fraction of sp³-hybridized carbons (Fsp3) is 0.320. The largest absolute Gasteiger partial charge is 0.282 e. The van der Waals surface area contributed by atoms with Gasteiger partial charge in [-0.15, -0.1) is 0 Å². The summed E-state index contributed by atoms with van der Waals surface area (Å²) in [4.78, 5) is 19.8. The Balaban J connectivity index is 1.41. The number of halogens is 1. The molecule has 2 aromatic carbocycles. The maximum atomic E-state index is 13.7. The van der Waals surface area contributed by atoms with Crippen LogP contribution in [0, 0.1) is 11.7 Å². The topological polar surface area (TPSA) is 88.4 Å². The molecule has 5 rings (SSSR count). The molecule has 1 aliphatic heterocycles. The molecule has 0 saturated carbocycles. The molecule has 1 saturated heterocycles. The highest BCUT2D eigenvalue weighted by Crippen LogP contribution is 2.31. The van der Waals surface area contributed by atoms with E-state index in [0.717, 1.165) is 12.8 Å². The van der Waals surface area contributed by atoms with Crippen LogP contribution in [0.1, 0.15) is 30.1 Å². The minimum atomic E-state index is -3.61. The molecule has 0 bridgehead atoms. The number of fused-ring (bicyclic) bond motifs is 1. The number of sulfonamides is 1. The Morgan fingerprint density at radius 2 is 1.92 bits per heavy atom. The third kappa shape index (κ3) is 5.04. The van der Waals surface area contributed by atoms with Gasteiger partial charge in [-0.2, -0.15) is 9.40 Å². The van der Waals surface area contributed by atoms with Crippen LogP contribution in [0.3, 0.4) is 0 Å². The third-order valence-electron chi connectivity index (χ3n) is 6.41. The Hall–Kier alpha value is -3.15. The Labute approximate surface area is 213 Å². The smallest absolute Gasteiger partial charge is 0.260 e. The van der Waals surface area contributed by atoms with Crippen molar-refractivity contribution in [2.75, 3.05) is 24.5 Å². The molecule has 0 atom stereocenters. The first-order valence-electron chi connectivity index (χ1n) is 11.8. The number of hydrogen-bond donors (Lipinski definition) is 0. The molecule has 0 radical (unpaired) electrons. The fourth-order valence-corrected chi connectivity index (χ4v) is 6.71. The summed E-state index contributed by atoms with van der Waals surface area (Å²) < 4.78 is 43.7. The molecule has 36 heavy (non-hydrogen) atoms. The number of piperidine rings is 1. The highest BCUT2D eigenvalue weighted by molar-refractivity contribution is 7.89. The second kappa shape index (κ2) is 10.1. The van der Waals surface area contributed by atoms with E-state index in [0.29, 0.717) is 46.5 Å². The second-order valence-corrected chi connectivity index (χ2v) is 11.9. The number of thiazole rings is 1. The first-order chi connectivity index (χ1) is 17.3. The van der Waals surface area contributed by atoms with Crippen molar-refractivity contribution in [1.29, 1.82) is 0 Å². The number of aromatic nitrogens is 3. The van der Waals surface area contributed by atoms with Gasteiger partial charge in [-0.05, 0) is 67.3 Å². The molecule has 1 amide bonds. The summed E-state index contributed by atoms with van der Waals surface area (Å²) in [6.45, 7) is 3.86. The first-order valence-corrected chi connectivity index (χ1v) is 14.0. The van der Waals surface area contributed by atoms with Crippen LogP contribution < -0.4 is 4.90 Å². The number of nitrogens with zero attached hydrogens (tertiary/aromatic N) is 5. The van der Waals surface area contributed by atoms with Crippen molar-refractivity contribution in [2.24, 2.45) is 5.92 Å². The number of carbonyl (C=O) groups excluding carboxylic acids is 1. The maximum absolute atomic E-state index is 13.7. The van der Waals surface area contributed by atoms with Gasteiger partial charge in [0.2, 0.25) is 10.0 Å². The summed E-state index contributed by atoms with van der Waals surface area (Å²) in [5.41, 5.74) is 0.942. The van der Waals surface area contributed by atoms with E-state index < -0.39 is 10.0 Å². The van der Waals surface area contributed by atoms with E-state index in [1.165, 1.54) is 56.9 Å². The molecule has 4 aromatic rings. The Morgan fingerprint density at radius 3 is 2.61 bits per heavy atom. The van der Waals surface area contributed by atoms with Crippen LogP contribution in [0.4, 0.5) is 9.52 Å². The fourth-order valence-electron chi connectivity index (χ4n) is 4.22. The second-order valence-electron chi connectivity index (χ2n) is 8.95. The minimum absolute atomic E-state index is 0.173. The summed E-state index contributed by atoms with van der Waals surface area (Å²) >= 11 is 1.23. The zero-order valence-electron chi connectivity index (χ0n) is 19.7. The predicted octanol–water partition coefficient (Wildman–Crippen LogP) is 4.40. The zero-order valence-corrected chi connectivity index (χ0v) is 21.4. The Bertz CT molecular complexity index is 1460. The lowest BCUT2D eigenvalue weighted by Crippen LogP contribution is -2.38. The van der Waals surface area contributed by atoms with Crippen molar-refractivity contribution >= 4 is 42.6 Å². The van der Waals surface area contributed by atoms with E-state index in [9.17, 15) is 17.6 Å². The lowest BCUT2D eigenvalue weighted by Gasteiger charge is -2.29. The minimum Gasteiger partial charge on any atom is -0.282 e. The zero-order chi connectivity index (χ0) is 25.3. The molecule has 0 unspecified atom stereocenters. The van der Waals surface area contributed by atoms with Gasteiger partial charge in [-0.25, -0.2) is 17.8 Å². The summed E-state index contributed by atoms with van der Waals surface area (Å²) in [6, 6.07) is 12.2. The summed E-state index contributed by atoms with van der Waals surface area (Å²) in [5.74, 6) is -0.173. The van der Waals surface area contributed by atoms with Gasteiger partial charge in [-0.3, -0.25) is 14.4 Å². The average molecular weight is 528 g/mol. The van der Waals surface area contributed by atoms with Gasteiger partial charge >= 0.3 is 0 Å². The van der Waals surface area contributed by atoms with Gasteiger partial charge in [0.15, 0.2) is 5.13 Å². The van der Waals surface area contributed by atoms with Gasteiger partial charge in [-0.1, -0.05) is 18.3 Å². The molecule has 8 nitrogen and oxygen atoms in total. The van der Waals surface area contributed by atoms with E-state index >= 15 is 0 Å².